The van der Waals surface area contributed by atoms with E-state index in [-0.39, 0.29) is 17.9 Å². The monoisotopic (exact) mass is 361 g/mol. The van der Waals surface area contributed by atoms with E-state index in [0.717, 1.165) is 6.07 Å². The van der Waals surface area contributed by atoms with Gasteiger partial charge in [0.15, 0.2) is 0 Å². The minimum atomic E-state index is -4.47. The fourth-order valence-corrected chi connectivity index (χ4v) is 2.27. The normalized spacial score (nSPS) is 11.2. The minimum absolute atomic E-state index is 0.0863. The number of rotatable bonds is 5. The molecule has 26 heavy (non-hydrogen) atoms. The van der Waals surface area contributed by atoms with Crippen LogP contribution in [-0.2, 0) is 12.7 Å². The lowest BCUT2D eigenvalue weighted by Crippen LogP contribution is -2.23. The van der Waals surface area contributed by atoms with E-state index < -0.39 is 17.6 Å². The number of carbonyl (C=O) groups excluding carboxylic acids is 1. The highest BCUT2D eigenvalue weighted by molar-refractivity contribution is 5.92. The van der Waals surface area contributed by atoms with Crippen molar-refractivity contribution in [1.29, 1.82) is 0 Å². The van der Waals surface area contributed by atoms with Gasteiger partial charge in [-0.3, -0.25) is 4.79 Å². The Morgan fingerprint density at radius 3 is 2.54 bits per heavy atom. The van der Waals surface area contributed by atoms with Crippen LogP contribution in [0.1, 0.15) is 21.8 Å². The molecule has 0 spiro atoms. The molecule has 0 unspecified atom stereocenters. The topological polar surface area (TPSA) is 67.2 Å². The minimum Gasteiger partial charge on any atom is -0.467 e. The Morgan fingerprint density at radius 1 is 1.08 bits per heavy atom. The predicted octanol–water partition coefficient (Wildman–Crippen LogP) is 4.37. The molecule has 134 valence electrons. The molecule has 0 aliphatic heterocycles. The molecule has 2 N–H and O–H groups in total. The summed E-state index contributed by atoms with van der Waals surface area (Å²) in [5, 5.41) is 5.31. The van der Waals surface area contributed by atoms with Crippen LogP contribution in [0.25, 0.3) is 0 Å². The molecule has 0 atom stereocenters. The maximum absolute atomic E-state index is 13.0. The van der Waals surface area contributed by atoms with Crippen molar-refractivity contribution < 1.29 is 22.4 Å². The number of nitrogens with one attached hydrogen (secondary N) is 2. The number of benzene rings is 1. The Bertz CT molecular complexity index is 875. The lowest BCUT2D eigenvalue weighted by atomic mass is 10.1. The maximum Gasteiger partial charge on any atom is 0.418 e. The van der Waals surface area contributed by atoms with E-state index in [1.807, 2.05) is 0 Å². The van der Waals surface area contributed by atoms with Gasteiger partial charge < -0.3 is 15.1 Å². The van der Waals surface area contributed by atoms with E-state index in [1.54, 1.807) is 12.1 Å². The third-order valence-corrected chi connectivity index (χ3v) is 3.51. The van der Waals surface area contributed by atoms with Crippen LogP contribution < -0.4 is 10.6 Å². The molecule has 0 fully saturated rings. The van der Waals surface area contributed by atoms with E-state index >= 15 is 0 Å². The summed E-state index contributed by atoms with van der Waals surface area (Å²) in [6.45, 7) is 0.215. The maximum atomic E-state index is 13.0. The van der Waals surface area contributed by atoms with Crippen LogP contribution in [0.3, 0.4) is 0 Å². The van der Waals surface area contributed by atoms with Gasteiger partial charge in [0.05, 0.1) is 35.9 Å². The number of pyridine rings is 1. The second-order valence-electron chi connectivity index (χ2n) is 5.36. The number of furan rings is 1. The first-order chi connectivity index (χ1) is 12.4. The van der Waals surface area contributed by atoms with Gasteiger partial charge in [-0.1, -0.05) is 12.1 Å². The van der Waals surface area contributed by atoms with Gasteiger partial charge in [0, 0.05) is 0 Å². The molecule has 0 saturated carbocycles. The molecule has 3 rings (SSSR count). The van der Waals surface area contributed by atoms with Crippen LogP contribution >= 0.6 is 0 Å². The number of carbonyl (C=O) groups is 1. The molecule has 3 aromatic rings. The lowest BCUT2D eigenvalue weighted by Gasteiger charge is -2.14. The van der Waals surface area contributed by atoms with Crippen molar-refractivity contribution in [3.05, 3.63) is 78.0 Å². The zero-order valence-corrected chi connectivity index (χ0v) is 13.4. The third-order valence-electron chi connectivity index (χ3n) is 3.51. The van der Waals surface area contributed by atoms with Crippen molar-refractivity contribution in [2.24, 2.45) is 0 Å². The zero-order valence-electron chi connectivity index (χ0n) is 13.4. The molecule has 0 aliphatic rings. The summed E-state index contributed by atoms with van der Waals surface area (Å²) >= 11 is 0. The smallest absolute Gasteiger partial charge is 0.418 e. The molecule has 2 heterocycles. The second-order valence-corrected chi connectivity index (χ2v) is 5.36. The van der Waals surface area contributed by atoms with E-state index in [1.165, 1.54) is 42.8 Å². The second kappa shape index (κ2) is 7.30. The van der Waals surface area contributed by atoms with Gasteiger partial charge in [-0.15, -0.1) is 0 Å². The number of aromatic nitrogens is 1. The molecule has 0 saturated heterocycles. The number of alkyl halides is 3. The predicted molar refractivity (Wildman–Crippen MR) is 88.8 cm³/mol. The lowest BCUT2D eigenvalue weighted by molar-refractivity contribution is -0.136. The molecule has 1 amide bonds. The first-order valence-electron chi connectivity index (χ1n) is 7.63. The molecular formula is C18H14F3N3O2. The van der Waals surface area contributed by atoms with Gasteiger partial charge in [0.2, 0.25) is 0 Å². The van der Waals surface area contributed by atoms with Crippen molar-refractivity contribution in [2.45, 2.75) is 12.7 Å². The number of para-hydroxylation sites is 1. The third kappa shape index (κ3) is 4.21. The number of hydrogen-bond donors (Lipinski definition) is 2. The average Bonchev–Trinajstić information content (AvgIpc) is 3.13. The van der Waals surface area contributed by atoms with Crippen molar-refractivity contribution in [2.75, 3.05) is 5.32 Å². The summed E-state index contributed by atoms with van der Waals surface area (Å²) in [5.41, 5.74) is -0.382. The molecule has 0 aliphatic carbocycles. The fraction of sp³-hybridized carbons (Fsp3) is 0.111. The van der Waals surface area contributed by atoms with Crippen molar-refractivity contribution in [1.82, 2.24) is 10.3 Å². The molecule has 0 radical (unpaired) electrons. The highest BCUT2D eigenvalue weighted by Gasteiger charge is 2.33. The van der Waals surface area contributed by atoms with E-state index in [0.29, 0.717) is 11.4 Å². The van der Waals surface area contributed by atoms with Gasteiger partial charge in [0.1, 0.15) is 11.5 Å². The van der Waals surface area contributed by atoms with Crippen LogP contribution in [0.15, 0.2) is 65.4 Å². The largest absolute Gasteiger partial charge is 0.467 e. The molecule has 0 bridgehead atoms. The molecular weight excluding hydrogens is 347 g/mol. The Morgan fingerprint density at radius 2 is 1.88 bits per heavy atom. The zero-order chi connectivity index (χ0) is 18.6. The summed E-state index contributed by atoms with van der Waals surface area (Å²) in [5.74, 6) is 0.184. The highest BCUT2D eigenvalue weighted by atomic mass is 19.4. The van der Waals surface area contributed by atoms with Gasteiger partial charge >= 0.3 is 6.18 Å². The van der Waals surface area contributed by atoms with Crippen LogP contribution in [0.4, 0.5) is 24.5 Å². The summed E-state index contributed by atoms with van der Waals surface area (Å²) in [6.07, 6.45) is -1.67. The number of halogens is 3. The number of hydrogen-bond acceptors (Lipinski definition) is 4. The average molecular weight is 361 g/mol. The summed E-state index contributed by atoms with van der Waals surface area (Å²) in [4.78, 5) is 16.0. The van der Waals surface area contributed by atoms with Crippen LogP contribution in [-0.4, -0.2) is 10.9 Å². The van der Waals surface area contributed by atoms with E-state index in [2.05, 4.69) is 15.6 Å². The van der Waals surface area contributed by atoms with Crippen LogP contribution in [0.5, 0.6) is 0 Å². The Hall–Kier alpha value is -3.29. The van der Waals surface area contributed by atoms with Crippen molar-refractivity contribution in [3.63, 3.8) is 0 Å². The van der Waals surface area contributed by atoms with Crippen molar-refractivity contribution in [3.8, 4) is 0 Å². The Kier molecular flexibility index (Phi) is 4.92. The van der Waals surface area contributed by atoms with Crippen LogP contribution in [0, 0.1) is 0 Å². The van der Waals surface area contributed by atoms with Gasteiger partial charge in [-0.25, -0.2) is 4.98 Å². The molecule has 8 heteroatoms. The summed E-state index contributed by atoms with van der Waals surface area (Å²) < 4.78 is 44.1. The standard InChI is InChI=1S/C18H14F3N3O2/c19-18(20,21)14-5-1-2-6-15(14)24-12-7-8-16(22-10-12)17(25)23-11-13-4-3-9-26-13/h1-10,24H,11H2,(H,23,25). The van der Waals surface area contributed by atoms with Crippen molar-refractivity contribution >= 4 is 17.3 Å². The SMILES string of the molecule is O=C(NCc1ccco1)c1ccc(Nc2ccccc2C(F)(F)F)cn1. The van der Waals surface area contributed by atoms with E-state index in [4.69, 9.17) is 4.42 Å². The van der Waals surface area contributed by atoms with Gasteiger partial charge in [-0.2, -0.15) is 13.2 Å². The Balaban J connectivity index is 1.68. The Labute approximate surface area is 146 Å². The first-order valence-corrected chi connectivity index (χ1v) is 7.63. The van der Waals surface area contributed by atoms with Gasteiger partial charge in [0.25, 0.3) is 5.91 Å². The quantitative estimate of drug-likeness (QED) is 0.708. The van der Waals surface area contributed by atoms with E-state index in [9.17, 15) is 18.0 Å². The van der Waals surface area contributed by atoms with Crippen LogP contribution in [0.2, 0.25) is 0 Å². The molecule has 5 nitrogen and oxygen atoms in total. The summed E-state index contributed by atoms with van der Waals surface area (Å²) in [6, 6.07) is 11.5. The number of nitrogens with zero attached hydrogens (tertiary/aromatic N) is 1. The molecule has 2 aromatic heterocycles. The number of anilines is 2. The van der Waals surface area contributed by atoms with Gasteiger partial charge in [-0.05, 0) is 36.4 Å². The summed E-state index contributed by atoms with van der Waals surface area (Å²) in [7, 11) is 0. The number of amides is 1. The first kappa shape index (κ1) is 17.5. The molecule has 1 aromatic carbocycles. The fourth-order valence-electron chi connectivity index (χ4n) is 2.27. The highest BCUT2D eigenvalue weighted by Crippen LogP contribution is 2.35.